The lowest BCUT2D eigenvalue weighted by molar-refractivity contribution is -0.0330. The third-order valence-electron chi connectivity index (χ3n) is 3.40. The van der Waals surface area contributed by atoms with Crippen molar-refractivity contribution < 1.29 is 8.78 Å². The summed E-state index contributed by atoms with van der Waals surface area (Å²) in [4.78, 5) is 5.29. The lowest BCUT2D eigenvalue weighted by Crippen LogP contribution is -2.34. The van der Waals surface area contributed by atoms with Crippen molar-refractivity contribution >= 4 is 17.3 Å². The quantitative estimate of drug-likeness (QED) is 0.646. The summed E-state index contributed by atoms with van der Waals surface area (Å²) in [5.41, 5.74) is 5.68. The van der Waals surface area contributed by atoms with Crippen molar-refractivity contribution in [2.75, 3.05) is 13.1 Å². The topological polar surface area (TPSA) is 50.4 Å². The first-order valence-corrected chi connectivity index (χ1v) is 7.40. The second-order valence-corrected chi connectivity index (χ2v) is 5.86. The molecule has 3 N–H and O–H groups in total. The van der Waals surface area contributed by atoms with Crippen LogP contribution in [0, 0.1) is 5.92 Å². The molecule has 0 aromatic carbocycles. The van der Waals surface area contributed by atoms with Gasteiger partial charge in [0.1, 0.15) is 0 Å². The van der Waals surface area contributed by atoms with Gasteiger partial charge in [-0.3, -0.25) is 4.99 Å². The van der Waals surface area contributed by atoms with Gasteiger partial charge in [-0.2, -0.15) is 0 Å². The summed E-state index contributed by atoms with van der Waals surface area (Å²) < 4.78 is 26.7. The molecule has 1 aromatic rings. The minimum atomic E-state index is -2.57. The fourth-order valence-electron chi connectivity index (χ4n) is 2.26. The Morgan fingerprint density at radius 1 is 1.58 bits per heavy atom. The van der Waals surface area contributed by atoms with Crippen molar-refractivity contribution in [3.63, 3.8) is 0 Å². The highest BCUT2D eigenvalue weighted by molar-refractivity contribution is 7.09. The van der Waals surface area contributed by atoms with Crippen molar-refractivity contribution in [3.05, 3.63) is 22.4 Å². The van der Waals surface area contributed by atoms with Crippen LogP contribution in [0.2, 0.25) is 0 Å². The summed E-state index contributed by atoms with van der Waals surface area (Å²) in [6.45, 7) is 0.793. The van der Waals surface area contributed by atoms with Crippen LogP contribution in [0.5, 0.6) is 0 Å². The maximum absolute atomic E-state index is 13.4. The average Bonchev–Trinajstić information content (AvgIpc) is 2.96. The van der Waals surface area contributed by atoms with E-state index in [9.17, 15) is 8.78 Å². The van der Waals surface area contributed by atoms with E-state index in [1.165, 1.54) is 4.88 Å². The Morgan fingerprint density at radius 2 is 2.42 bits per heavy atom. The van der Waals surface area contributed by atoms with E-state index in [4.69, 9.17) is 5.73 Å². The van der Waals surface area contributed by atoms with E-state index in [-0.39, 0.29) is 18.9 Å². The van der Waals surface area contributed by atoms with Gasteiger partial charge in [0.2, 0.25) is 0 Å². The van der Waals surface area contributed by atoms with Crippen molar-refractivity contribution in [1.82, 2.24) is 5.32 Å². The molecule has 6 heteroatoms. The molecule has 106 valence electrons. The largest absolute Gasteiger partial charge is 0.370 e. The Balaban J connectivity index is 1.70. The summed E-state index contributed by atoms with van der Waals surface area (Å²) in [6, 6.07) is 4.05. The van der Waals surface area contributed by atoms with Gasteiger partial charge in [0, 0.05) is 23.8 Å². The van der Waals surface area contributed by atoms with Crippen LogP contribution in [-0.4, -0.2) is 25.0 Å². The van der Waals surface area contributed by atoms with Gasteiger partial charge < -0.3 is 11.1 Å². The number of thiophene rings is 1. The Hall–Kier alpha value is -1.17. The Morgan fingerprint density at radius 3 is 3.05 bits per heavy atom. The second kappa shape index (κ2) is 6.32. The zero-order chi connectivity index (χ0) is 13.7. The number of hydrogen-bond acceptors (Lipinski definition) is 2. The minimum Gasteiger partial charge on any atom is -0.370 e. The normalized spacial score (nSPS) is 22.6. The summed E-state index contributed by atoms with van der Waals surface area (Å²) in [5, 5.41) is 4.98. The molecular weight excluding hydrogens is 268 g/mol. The number of rotatable bonds is 5. The number of hydrogen-bond donors (Lipinski definition) is 2. The van der Waals surface area contributed by atoms with Crippen LogP contribution in [0.3, 0.4) is 0 Å². The van der Waals surface area contributed by atoms with E-state index in [0.29, 0.717) is 19.4 Å². The van der Waals surface area contributed by atoms with Gasteiger partial charge in [0.05, 0.1) is 6.54 Å². The molecule has 0 spiro atoms. The van der Waals surface area contributed by atoms with Crippen molar-refractivity contribution in [2.24, 2.45) is 16.6 Å². The smallest absolute Gasteiger partial charge is 0.252 e. The highest BCUT2D eigenvalue weighted by Crippen LogP contribution is 2.40. The molecule has 1 unspecified atom stereocenters. The number of halogens is 2. The van der Waals surface area contributed by atoms with E-state index in [2.05, 4.69) is 16.4 Å². The Kier molecular flexibility index (Phi) is 4.74. The zero-order valence-electron chi connectivity index (χ0n) is 10.7. The Labute approximate surface area is 115 Å². The van der Waals surface area contributed by atoms with Crippen LogP contribution in [0.25, 0.3) is 0 Å². The number of alkyl halides is 2. The summed E-state index contributed by atoms with van der Waals surface area (Å²) in [7, 11) is 0. The van der Waals surface area contributed by atoms with Crippen molar-refractivity contribution in [1.29, 1.82) is 0 Å². The van der Waals surface area contributed by atoms with E-state index >= 15 is 0 Å². The standard InChI is InChI=1S/C13H19F2N3S/c14-13(15)6-1-3-10(13)9-18-12(16)17-7-5-11-4-2-8-19-11/h2,4,8,10H,1,3,5-7,9H2,(H3,16,17,18). The lowest BCUT2D eigenvalue weighted by atomic mass is 10.1. The number of nitrogens with one attached hydrogen (secondary N) is 1. The average molecular weight is 287 g/mol. The number of nitrogens with zero attached hydrogens (tertiary/aromatic N) is 1. The first-order valence-electron chi connectivity index (χ1n) is 6.52. The molecule has 1 fully saturated rings. The maximum atomic E-state index is 13.4. The van der Waals surface area contributed by atoms with Gasteiger partial charge in [-0.25, -0.2) is 8.78 Å². The highest BCUT2D eigenvalue weighted by Gasteiger charge is 2.43. The van der Waals surface area contributed by atoms with Crippen LogP contribution in [0.1, 0.15) is 24.1 Å². The fourth-order valence-corrected chi connectivity index (χ4v) is 2.97. The van der Waals surface area contributed by atoms with Gasteiger partial charge in [0.25, 0.3) is 5.92 Å². The maximum Gasteiger partial charge on any atom is 0.252 e. The predicted molar refractivity (Wildman–Crippen MR) is 74.8 cm³/mol. The molecule has 1 aliphatic carbocycles. The first-order chi connectivity index (χ1) is 9.08. The molecule has 1 heterocycles. The van der Waals surface area contributed by atoms with E-state index in [1.54, 1.807) is 11.3 Å². The predicted octanol–water partition coefficient (Wildman–Crippen LogP) is 2.63. The van der Waals surface area contributed by atoms with Crippen LogP contribution in [-0.2, 0) is 6.42 Å². The van der Waals surface area contributed by atoms with E-state index in [0.717, 1.165) is 6.42 Å². The molecular formula is C13H19F2N3S. The van der Waals surface area contributed by atoms with Crippen LogP contribution in [0.4, 0.5) is 8.78 Å². The van der Waals surface area contributed by atoms with Crippen LogP contribution in [0.15, 0.2) is 22.5 Å². The Bertz CT molecular complexity index is 418. The molecule has 1 saturated carbocycles. The lowest BCUT2D eigenvalue weighted by Gasteiger charge is -2.16. The zero-order valence-corrected chi connectivity index (χ0v) is 11.6. The molecule has 1 aliphatic rings. The van der Waals surface area contributed by atoms with E-state index in [1.807, 2.05) is 11.4 Å². The van der Waals surface area contributed by atoms with Gasteiger partial charge in [-0.05, 0) is 30.7 Å². The van der Waals surface area contributed by atoms with Crippen LogP contribution < -0.4 is 11.1 Å². The molecule has 0 saturated heterocycles. The summed E-state index contributed by atoms with van der Waals surface area (Å²) >= 11 is 1.69. The minimum absolute atomic E-state index is 0.0150. The number of nitrogens with two attached hydrogens (primary N) is 1. The van der Waals surface area contributed by atoms with Gasteiger partial charge >= 0.3 is 0 Å². The molecule has 2 rings (SSSR count). The van der Waals surface area contributed by atoms with Crippen LogP contribution >= 0.6 is 11.3 Å². The molecule has 3 nitrogen and oxygen atoms in total. The van der Waals surface area contributed by atoms with Crippen molar-refractivity contribution in [2.45, 2.75) is 31.6 Å². The van der Waals surface area contributed by atoms with Gasteiger partial charge in [-0.1, -0.05) is 6.07 Å². The molecule has 19 heavy (non-hydrogen) atoms. The summed E-state index contributed by atoms with van der Waals surface area (Å²) in [5.74, 6) is -2.95. The number of aliphatic imine (C=N–C) groups is 1. The summed E-state index contributed by atoms with van der Waals surface area (Å²) in [6.07, 6.45) is 1.98. The number of guanidine groups is 1. The SMILES string of the molecule is NC(=NCC1CCCC1(F)F)NCCc1cccs1. The van der Waals surface area contributed by atoms with Gasteiger partial charge in [0.15, 0.2) is 5.96 Å². The molecule has 1 aromatic heterocycles. The van der Waals surface area contributed by atoms with Gasteiger partial charge in [-0.15, -0.1) is 11.3 Å². The third kappa shape index (κ3) is 4.16. The monoisotopic (exact) mass is 287 g/mol. The van der Waals surface area contributed by atoms with E-state index < -0.39 is 11.8 Å². The molecule has 0 radical (unpaired) electrons. The second-order valence-electron chi connectivity index (χ2n) is 4.83. The molecule has 0 amide bonds. The van der Waals surface area contributed by atoms with Crippen molar-refractivity contribution in [3.8, 4) is 0 Å². The molecule has 0 aliphatic heterocycles. The molecule has 1 atom stereocenters. The molecule has 0 bridgehead atoms. The third-order valence-corrected chi connectivity index (χ3v) is 4.34. The first kappa shape index (κ1) is 14.2. The highest BCUT2D eigenvalue weighted by atomic mass is 32.1. The fraction of sp³-hybridized carbons (Fsp3) is 0.615.